The molecule has 0 saturated heterocycles. The summed E-state index contributed by atoms with van der Waals surface area (Å²) in [4.78, 5) is 23.3. The molecule has 0 spiro atoms. The van der Waals surface area contributed by atoms with Crippen molar-refractivity contribution in [1.82, 2.24) is 19.5 Å². The number of ketones is 1. The van der Waals surface area contributed by atoms with Crippen molar-refractivity contribution in [3.63, 3.8) is 0 Å². The number of nitrogens with one attached hydrogen (secondary N) is 2. The topological polar surface area (TPSA) is 75.6 Å². The van der Waals surface area contributed by atoms with E-state index in [1.807, 2.05) is 30.9 Å². The first-order valence-corrected chi connectivity index (χ1v) is 6.30. The van der Waals surface area contributed by atoms with Crippen molar-refractivity contribution in [3.8, 4) is 11.5 Å². The summed E-state index contributed by atoms with van der Waals surface area (Å²) in [6, 6.07) is 5.50. The lowest BCUT2D eigenvalue weighted by Crippen LogP contribution is -1.95. The van der Waals surface area contributed by atoms with Gasteiger partial charge in [-0.15, -0.1) is 0 Å². The van der Waals surface area contributed by atoms with Gasteiger partial charge in [-0.3, -0.25) is 4.79 Å². The molecule has 0 amide bonds. The number of hydrogen-bond acceptors (Lipinski definition) is 4. The van der Waals surface area contributed by atoms with Crippen LogP contribution in [0.25, 0.3) is 22.7 Å². The fraction of sp³-hybridized carbons (Fsp3) is 0.214. The summed E-state index contributed by atoms with van der Waals surface area (Å²) in [5.74, 6) is 0.677. The lowest BCUT2D eigenvalue weighted by molar-refractivity contribution is 0.101. The van der Waals surface area contributed by atoms with Gasteiger partial charge in [0.1, 0.15) is 11.2 Å². The van der Waals surface area contributed by atoms with Crippen LogP contribution in [-0.4, -0.2) is 32.3 Å². The first-order chi connectivity index (χ1) is 9.58. The zero-order valence-corrected chi connectivity index (χ0v) is 11.6. The van der Waals surface area contributed by atoms with E-state index in [-0.39, 0.29) is 5.78 Å². The number of pyridine rings is 1. The molecule has 0 radical (unpaired) electrons. The number of imidazole rings is 1. The summed E-state index contributed by atoms with van der Waals surface area (Å²) in [5.41, 5.74) is 3.78. The van der Waals surface area contributed by atoms with Crippen LogP contribution in [0.5, 0.6) is 0 Å². The molecule has 2 N–H and O–H groups in total. The Bertz CT molecular complexity index is 799. The van der Waals surface area contributed by atoms with Gasteiger partial charge in [0.05, 0.1) is 11.4 Å². The monoisotopic (exact) mass is 269 g/mol. The van der Waals surface area contributed by atoms with Crippen molar-refractivity contribution in [1.29, 1.82) is 0 Å². The van der Waals surface area contributed by atoms with Crippen LogP contribution in [0.2, 0.25) is 0 Å². The highest BCUT2D eigenvalue weighted by Gasteiger charge is 2.12. The van der Waals surface area contributed by atoms with Gasteiger partial charge in [-0.2, -0.15) is 0 Å². The fourth-order valence-electron chi connectivity index (χ4n) is 2.15. The van der Waals surface area contributed by atoms with E-state index in [1.54, 1.807) is 12.1 Å². The number of carbonyl (C=O) groups is 1. The molecule has 0 aliphatic carbocycles. The second-order valence-electron chi connectivity index (χ2n) is 4.68. The zero-order valence-electron chi connectivity index (χ0n) is 11.6. The highest BCUT2D eigenvalue weighted by Crippen LogP contribution is 2.23. The second-order valence-corrected chi connectivity index (χ2v) is 4.68. The number of fused-ring (bicyclic) bond motifs is 1. The Kier molecular flexibility index (Phi) is 2.78. The third kappa shape index (κ3) is 1.95. The molecule has 3 rings (SSSR count). The van der Waals surface area contributed by atoms with Crippen LogP contribution in [-0.2, 0) is 7.05 Å². The Labute approximate surface area is 115 Å². The summed E-state index contributed by atoms with van der Waals surface area (Å²) >= 11 is 0. The van der Waals surface area contributed by atoms with E-state index in [0.29, 0.717) is 11.3 Å². The molecule has 102 valence electrons. The molecule has 0 saturated carbocycles. The Morgan fingerprint density at radius 1 is 1.35 bits per heavy atom. The molecular weight excluding hydrogens is 254 g/mol. The van der Waals surface area contributed by atoms with E-state index in [4.69, 9.17) is 0 Å². The smallest absolute Gasteiger partial charge is 0.178 e. The van der Waals surface area contributed by atoms with E-state index in [9.17, 15) is 4.79 Å². The van der Waals surface area contributed by atoms with Gasteiger partial charge in [0.25, 0.3) is 0 Å². The first kappa shape index (κ1) is 12.4. The van der Waals surface area contributed by atoms with Crippen molar-refractivity contribution >= 4 is 22.6 Å². The molecule has 0 fully saturated rings. The van der Waals surface area contributed by atoms with Gasteiger partial charge in [-0.05, 0) is 18.2 Å². The summed E-state index contributed by atoms with van der Waals surface area (Å²) in [6.07, 6.45) is 1.98. The lowest BCUT2D eigenvalue weighted by Gasteiger charge is -1.96. The average Bonchev–Trinajstić information content (AvgIpc) is 3.00. The summed E-state index contributed by atoms with van der Waals surface area (Å²) in [7, 11) is 3.83. The summed E-state index contributed by atoms with van der Waals surface area (Å²) < 4.78 is 1.98. The van der Waals surface area contributed by atoms with E-state index in [0.717, 1.165) is 22.7 Å². The van der Waals surface area contributed by atoms with Crippen molar-refractivity contribution in [3.05, 3.63) is 30.1 Å². The predicted octanol–water partition coefficient (Wildman–Crippen LogP) is 2.21. The number of Topliss-reactive ketones (excluding diaryl/α,β-unsaturated/α-hetero) is 1. The third-order valence-corrected chi connectivity index (χ3v) is 3.24. The number of nitrogens with zero attached hydrogens (tertiary/aromatic N) is 3. The number of hydrogen-bond donors (Lipinski definition) is 2. The molecule has 0 aromatic carbocycles. The number of aromatic amines is 1. The maximum Gasteiger partial charge on any atom is 0.178 e. The van der Waals surface area contributed by atoms with Crippen LogP contribution < -0.4 is 5.32 Å². The van der Waals surface area contributed by atoms with Crippen molar-refractivity contribution < 1.29 is 4.79 Å². The maximum atomic E-state index is 11.4. The third-order valence-electron chi connectivity index (χ3n) is 3.24. The van der Waals surface area contributed by atoms with E-state index in [2.05, 4.69) is 20.3 Å². The Morgan fingerprint density at radius 2 is 2.15 bits per heavy atom. The Hall–Kier alpha value is -2.63. The molecule has 0 aliphatic rings. The first-order valence-electron chi connectivity index (χ1n) is 6.30. The van der Waals surface area contributed by atoms with Crippen LogP contribution in [0.1, 0.15) is 17.4 Å². The molecule has 0 aliphatic heterocycles. The van der Waals surface area contributed by atoms with Gasteiger partial charge in [0, 0.05) is 27.2 Å². The summed E-state index contributed by atoms with van der Waals surface area (Å²) in [5, 5.41) is 3.09. The van der Waals surface area contributed by atoms with Crippen LogP contribution in [0.4, 0.5) is 5.69 Å². The standard InChI is InChI=1S/C14H15N5O/c1-8(20)10-4-5-11-13(16-10)18-14(17-11)12-6-9(15-2)7-19(12)3/h4-7,15H,1-3H3,(H,16,17,18). The quantitative estimate of drug-likeness (QED) is 0.715. The highest BCUT2D eigenvalue weighted by atomic mass is 16.1. The molecule has 3 heterocycles. The molecule has 3 aromatic rings. The van der Waals surface area contributed by atoms with E-state index >= 15 is 0 Å². The minimum absolute atomic E-state index is 0.0561. The minimum Gasteiger partial charge on any atom is -0.387 e. The summed E-state index contributed by atoms with van der Waals surface area (Å²) in [6.45, 7) is 1.50. The molecule has 6 nitrogen and oxygen atoms in total. The zero-order chi connectivity index (χ0) is 14.3. The molecule has 0 unspecified atom stereocenters. The molecule has 20 heavy (non-hydrogen) atoms. The number of anilines is 1. The molecule has 0 atom stereocenters. The second kappa shape index (κ2) is 4.48. The number of aromatic nitrogens is 4. The highest BCUT2D eigenvalue weighted by molar-refractivity contribution is 5.94. The van der Waals surface area contributed by atoms with Crippen molar-refractivity contribution in [2.24, 2.45) is 7.05 Å². The largest absolute Gasteiger partial charge is 0.387 e. The molecule has 0 bridgehead atoms. The molecular formula is C14H15N5O. The Balaban J connectivity index is 2.12. The van der Waals surface area contributed by atoms with Crippen molar-refractivity contribution in [2.75, 3.05) is 12.4 Å². The van der Waals surface area contributed by atoms with Crippen LogP contribution in [0, 0.1) is 0 Å². The van der Waals surface area contributed by atoms with Crippen molar-refractivity contribution in [2.45, 2.75) is 6.92 Å². The van der Waals surface area contributed by atoms with E-state index < -0.39 is 0 Å². The van der Waals surface area contributed by atoms with Gasteiger partial charge in [0.15, 0.2) is 17.3 Å². The van der Waals surface area contributed by atoms with Crippen LogP contribution >= 0.6 is 0 Å². The number of rotatable bonds is 3. The van der Waals surface area contributed by atoms with Gasteiger partial charge >= 0.3 is 0 Å². The van der Waals surface area contributed by atoms with Gasteiger partial charge in [-0.1, -0.05) is 0 Å². The predicted molar refractivity (Wildman–Crippen MR) is 77.8 cm³/mol. The van der Waals surface area contributed by atoms with Crippen LogP contribution in [0.15, 0.2) is 24.4 Å². The van der Waals surface area contributed by atoms with Gasteiger partial charge < -0.3 is 14.9 Å². The average molecular weight is 269 g/mol. The number of carbonyl (C=O) groups excluding carboxylic acids is 1. The SMILES string of the molecule is CNc1cc(-c2nc3ccc(C(C)=O)nc3[nH]2)n(C)c1. The Morgan fingerprint density at radius 3 is 2.80 bits per heavy atom. The molecule has 6 heteroatoms. The normalized spacial score (nSPS) is 10.9. The fourth-order valence-corrected chi connectivity index (χ4v) is 2.15. The van der Waals surface area contributed by atoms with Gasteiger partial charge in [-0.25, -0.2) is 9.97 Å². The van der Waals surface area contributed by atoms with E-state index in [1.165, 1.54) is 6.92 Å². The lowest BCUT2D eigenvalue weighted by atomic mass is 10.3. The number of aryl methyl sites for hydroxylation is 1. The van der Waals surface area contributed by atoms with Gasteiger partial charge in [0.2, 0.25) is 0 Å². The number of H-pyrrole nitrogens is 1. The minimum atomic E-state index is -0.0561. The van der Waals surface area contributed by atoms with Crippen LogP contribution in [0.3, 0.4) is 0 Å². The maximum absolute atomic E-state index is 11.4. The molecule has 3 aromatic heterocycles.